The van der Waals surface area contributed by atoms with Gasteiger partial charge in [-0.2, -0.15) is 0 Å². The summed E-state index contributed by atoms with van der Waals surface area (Å²) in [6.07, 6.45) is 0. The molecule has 2 aromatic carbocycles. The third-order valence-corrected chi connectivity index (χ3v) is 5.49. The molecule has 1 aromatic heterocycles. The molecule has 5 nitrogen and oxygen atoms in total. The average molecular weight is 396 g/mol. The van der Waals surface area contributed by atoms with Crippen molar-refractivity contribution in [2.24, 2.45) is 0 Å². The van der Waals surface area contributed by atoms with Gasteiger partial charge < -0.3 is 4.74 Å². The molecule has 28 heavy (non-hydrogen) atoms. The molecule has 6 heteroatoms. The molecule has 0 aliphatic rings. The summed E-state index contributed by atoms with van der Waals surface area (Å²) < 4.78 is 6.83. The summed E-state index contributed by atoms with van der Waals surface area (Å²) in [7, 11) is 1.39. The van der Waals surface area contributed by atoms with Gasteiger partial charge in [-0.25, -0.2) is 0 Å². The summed E-state index contributed by atoms with van der Waals surface area (Å²) in [5.41, 5.74) is 3.27. The molecule has 0 radical (unpaired) electrons. The SMILES string of the molecule is COC(=O)[C@@H](C)Sc1nnc(-c2ccc(C(C)(C)C)cc2)n1-c1ccccc1. The maximum atomic E-state index is 11.9. The molecule has 3 rings (SSSR count). The molecule has 1 heterocycles. The molecular formula is C22H25N3O2S. The number of benzene rings is 2. The Kier molecular flexibility index (Phi) is 5.89. The predicted molar refractivity (Wildman–Crippen MR) is 113 cm³/mol. The largest absolute Gasteiger partial charge is 0.468 e. The van der Waals surface area contributed by atoms with Crippen LogP contribution in [0.15, 0.2) is 59.8 Å². The summed E-state index contributed by atoms with van der Waals surface area (Å²) in [5.74, 6) is 0.454. The Morgan fingerprint density at radius 2 is 1.68 bits per heavy atom. The number of nitrogens with zero attached hydrogens (tertiary/aromatic N) is 3. The molecule has 0 saturated carbocycles. The normalized spacial score (nSPS) is 12.6. The van der Waals surface area contributed by atoms with E-state index in [0.717, 1.165) is 17.1 Å². The number of rotatable bonds is 5. The maximum absolute atomic E-state index is 11.9. The van der Waals surface area contributed by atoms with Crippen LogP contribution in [0.2, 0.25) is 0 Å². The third-order valence-electron chi connectivity index (χ3n) is 4.47. The average Bonchev–Trinajstić information content (AvgIpc) is 3.10. The summed E-state index contributed by atoms with van der Waals surface area (Å²) in [6.45, 7) is 8.38. The highest BCUT2D eigenvalue weighted by Crippen LogP contribution is 2.31. The smallest absolute Gasteiger partial charge is 0.318 e. The Morgan fingerprint density at radius 3 is 2.25 bits per heavy atom. The molecule has 0 amide bonds. The Hall–Kier alpha value is -2.60. The van der Waals surface area contributed by atoms with Crippen LogP contribution in [0, 0.1) is 0 Å². The Bertz CT molecular complexity index is 944. The molecule has 146 valence electrons. The second-order valence-electron chi connectivity index (χ2n) is 7.59. The topological polar surface area (TPSA) is 57.0 Å². The van der Waals surface area contributed by atoms with Crippen LogP contribution in [0.1, 0.15) is 33.3 Å². The van der Waals surface area contributed by atoms with Gasteiger partial charge in [0.1, 0.15) is 5.25 Å². The van der Waals surface area contributed by atoms with Crippen LogP contribution in [0.5, 0.6) is 0 Å². The molecule has 0 N–H and O–H groups in total. The lowest BCUT2D eigenvalue weighted by Crippen LogP contribution is -2.15. The fourth-order valence-electron chi connectivity index (χ4n) is 2.83. The van der Waals surface area contributed by atoms with Gasteiger partial charge in [-0.05, 0) is 30.0 Å². The van der Waals surface area contributed by atoms with Gasteiger partial charge in [-0.15, -0.1) is 10.2 Å². The highest BCUT2D eigenvalue weighted by Gasteiger charge is 2.22. The molecule has 0 saturated heterocycles. The Labute approximate surface area is 170 Å². The zero-order chi connectivity index (χ0) is 20.3. The van der Waals surface area contributed by atoms with Crippen molar-refractivity contribution >= 4 is 17.7 Å². The van der Waals surface area contributed by atoms with Crippen molar-refractivity contribution in [3.8, 4) is 17.1 Å². The minimum Gasteiger partial charge on any atom is -0.468 e. The van der Waals surface area contributed by atoms with E-state index in [0.29, 0.717) is 5.16 Å². The van der Waals surface area contributed by atoms with Gasteiger partial charge in [-0.1, -0.05) is 75.0 Å². The first-order chi connectivity index (χ1) is 13.3. The van der Waals surface area contributed by atoms with E-state index in [9.17, 15) is 4.79 Å². The zero-order valence-electron chi connectivity index (χ0n) is 16.8. The zero-order valence-corrected chi connectivity index (χ0v) is 17.7. The fourth-order valence-corrected chi connectivity index (χ4v) is 3.73. The van der Waals surface area contributed by atoms with Crippen molar-refractivity contribution in [1.82, 2.24) is 14.8 Å². The lowest BCUT2D eigenvalue weighted by atomic mass is 9.87. The van der Waals surface area contributed by atoms with Crippen molar-refractivity contribution in [2.75, 3.05) is 7.11 Å². The number of carbonyl (C=O) groups excluding carboxylic acids is 1. The quantitative estimate of drug-likeness (QED) is 0.455. The number of carbonyl (C=O) groups is 1. The predicted octanol–water partition coefficient (Wildman–Crippen LogP) is 4.89. The third kappa shape index (κ3) is 4.28. The van der Waals surface area contributed by atoms with Crippen LogP contribution in [0.25, 0.3) is 17.1 Å². The van der Waals surface area contributed by atoms with E-state index in [1.807, 2.05) is 34.9 Å². The summed E-state index contributed by atoms with van der Waals surface area (Å²) >= 11 is 1.34. The van der Waals surface area contributed by atoms with Gasteiger partial charge in [0.05, 0.1) is 7.11 Å². The van der Waals surface area contributed by atoms with E-state index in [4.69, 9.17) is 4.74 Å². The van der Waals surface area contributed by atoms with E-state index in [2.05, 4.69) is 55.2 Å². The van der Waals surface area contributed by atoms with Crippen LogP contribution in [0.3, 0.4) is 0 Å². The summed E-state index contributed by atoms with van der Waals surface area (Å²) in [5, 5.41) is 9.07. The van der Waals surface area contributed by atoms with Crippen LogP contribution < -0.4 is 0 Å². The maximum Gasteiger partial charge on any atom is 0.318 e. The van der Waals surface area contributed by atoms with Gasteiger partial charge >= 0.3 is 5.97 Å². The number of methoxy groups -OCH3 is 1. The highest BCUT2D eigenvalue weighted by atomic mass is 32.2. The number of hydrogen-bond donors (Lipinski definition) is 0. The second kappa shape index (κ2) is 8.19. The number of aromatic nitrogens is 3. The van der Waals surface area contributed by atoms with Crippen molar-refractivity contribution in [3.63, 3.8) is 0 Å². The van der Waals surface area contributed by atoms with Gasteiger partial charge in [0.15, 0.2) is 11.0 Å². The molecule has 0 aliphatic carbocycles. The van der Waals surface area contributed by atoms with Gasteiger partial charge in [0.25, 0.3) is 0 Å². The highest BCUT2D eigenvalue weighted by molar-refractivity contribution is 8.00. The number of esters is 1. The minimum absolute atomic E-state index is 0.0859. The molecular weight excluding hydrogens is 370 g/mol. The first-order valence-electron chi connectivity index (χ1n) is 9.17. The fraction of sp³-hybridized carbons (Fsp3) is 0.318. The molecule has 0 bridgehead atoms. The first kappa shape index (κ1) is 20.1. The number of hydrogen-bond acceptors (Lipinski definition) is 5. The summed E-state index contributed by atoms with van der Waals surface area (Å²) in [6, 6.07) is 18.3. The van der Waals surface area contributed by atoms with Gasteiger partial charge in [-0.3, -0.25) is 9.36 Å². The first-order valence-corrected chi connectivity index (χ1v) is 10.1. The van der Waals surface area contributed by atoms with Crippen molar-refractivity contribution in [2.45, 2.75) is 43.5 Å². The van der Waals surface area contributed by atoms with E-state index >= 15 is 0 Å². The molecule has 0 spiro atoms. The van der Waals surface area contributed by atoms with Crippen molar-refractivity contribution in [1.29, 1.82) is 0 Å². The minimum atomic E-state index is -0.382. The number of thioether (sulfide) groups is 1. The van der Waals surface area contributed by atoms with E-state index in [-0.39, 0.29) is 16.6 Å². The van der Waals surface area contributed by atoms with Gasteiger partial charge in [0.2, 0.25) is 0 Å². The monoisotopic (exact) mass is 395 g/mol. The van der Waals surface area contributed by atoms with E-state index < -0.39 is 0 Å². The van der Waals surface area contributed by atoms with Crippen LogP contribution in [-0.4, -0.2) is 33.1 Å². The van der Waals surface area contributed by atoms with Crippen LogP contribution >= 0.6 is 11.8 Å². The summed E-state index contributed by atoms with van der Waals surface area (Å²) in [4.78, 5) is 11.9. The second-order valence-corrected chi connectivity index (χ2v) is 8.90. The van der Waals surface area contributed by atoms with Gasteiger partial charge in [0, 0.05) is 11.3 Å². The van der Waals surface area contributed by atoms with Crippen molar-refractivity contribution < 1.29 is 9.53 Å². The van der Waals surface area contributed by atoms with Crippen LogP contribution in [-0.2, 0) is 14.9 Å². The lowest BCUT2D eigenvalue weighted by Gasteiger charge is -2.19. The Balaban J connectivity index is 2.05. The Morgan fingerprint density at radius 1 is 1.04 bits per heavy atom. The molecule has 0 fully saturated rings. The number of para-hydroxylation sites is 1. The molecule has 1 atom stereocenters. The molecule has 0 unspecified atom stereocenters. The molecule has 0 aliphatic heterocycles. The standard InChI is InChI=1S/C22H25N3O2S/c1-15(20(26)27-5)28-21-24-23-19(25(21)18-9-7-6-8-10-18)16-11-13-17(14-12-16)22(2,3)4/h6-15H,1-5H3/t15-/m1/s1. The van der Waals surface area contributed by atoms with E-state index in [1.165, 1.54) is 24.4 Å². The number of ether oxygens (including phenoxy) is 1. The van der Waals surface area contributed by atoms with Crippen molar-refractivity contribution in [3.05, 3.63) is 60.2 Å². The van der Waals surface area contributed by atoms with Crippen LogP contribution in [0.4, 0.5) is 0 Å². The van der Waals surface area contributed by atoms with E-state index in [1.54, 1.807) is 6.92 Å². The molecule has 3 aromatic rings. The lowest BCUT2D eigenvalue weighted by molar-refractivity contribution is -0.139.